The van der Waals surface area contributed by atoms with Gasteiger partial charge in [-0.15, -0.1) is 0 Å². The van der Waals surface area contributed by atoms with Gasteiger partial charge < -0.3 is 19.6 Å². The third-order valence-electron chi connectivity index (χ3n) is 3.28. The number of anilines is 1. The topological polar surface area (TPSA) is 70.9 Å². The molecule has 1 aromatic carbocycles. The molecule has 3 aromatic rings. The fourth-order valence-electron chi connectivity index (χ4n) is 2.36. The van der Waals surface area contributed by atoms with E-state index in [-0.39, 0.29) is 6.10 Å². The third-order valence-corrected chi connectivity index (χ3v) is 3.28. The van der Waals surface area contributed by atoms with E-state index < -0.39 is 0 Å². The second-order valence-electron chi connectivity index (χ2n) is 5.21. The lowest BCUT2D eigenvalue weighted by atomic mass is 10.3. The van der Waals surface area contributed by atoms with Crippen molar-refractivity contribution in [1.82, 2.24) is 19.1 Å². The fourth-order valence-corrected chi connectivity index (χ4v) is 2.36. The first-order valence-corrected chi connectivity index (χ1v) is 7.02. The summed E-state index contributed by atoms with van der Waals surface area (Å²) in [6, 6.07) is 5.91. The van der Waals surface area contributed by atoms with E-state index in [1.54, 1.807) is 12.5 Å². The lowest BCUT2D eigenvalue weighted by Gasteiger charge is -2.10. The first-order chi connectivity index (χ1) is 10.1. The van der Waals surface area contributed by atoms with Crippen LogP contribution < -0.4 is 10.5 Å². The molecule has 0 unspecified atom stereocenters. The molecule has 0 aliphatic heterocycles. The maximum Gasteiger partial charge on any atom is 0.201 e. The maximum atomic E-state index is 6.06. The molecule has 0 atom stereocenters. The van der Waals surface area contributed by atoms with Crippen molar-refractivity contribution in [2.45, 2.75) is 33.0 Å². The Kier molecular flexibility index (Phi) is 3.51. The zero-order valence-electron chi connectivity index (χ0n) is 12.2. The number of rotatable bonds is 5. The van der Waals surface area contributed by atoms with Gasteiger partial charge in [-0.3, -0.25) is 0 Å². The molecule has 0 saturated carbocycles. The Hall–Kier alpha value is -2.50. The van der Waals surface area contributed by atoms with Crippen LogP contribution in [0.5, 0.6) is 5.75 Å². The number of hydrogen-bond acceptors (Lipinski definition) is 4. The van der Waals surface area contributed by atoms with Crippen LogP contribution in [0.1, 0.15) is 13.8 Å². The Morgan fingerprint density at radius 3 is 2.86 bits per heavy atom. The molecule has 2 N–H and O–H groups in total. The summed E-state index contributed by atoms with van der Waals surface area (Å²) in [6.07, 6.45) is 5.60. The zero-order valence-corrected chi connectivity index (χ0v) is 12.2. The van der Waals surface area contributed by atoms with Crippen molar-refractivity contribution < 1.29 is 4.74 Å². The monoisotopic (exact) mass is 285 g/mol. The SMILES string of the molecule is CC(C)Oc1cccc2c1nc(N)n2CCn1ccnc1. The predicted octanol–water partition coefficient (Wildman–Crippen LogP) is 2.30. The highest BCUT2D eigenvalue weighted by Crippen LogP contribution is 2.27. The number of aromatic nitrogens is 4. The van der Waals surface area contributed by atoms with E-state index in [1.807, 2.05) is 47.4 Å². The molecule has 6 heteroatoms. The van der Waals surface area contributed by atoms with E-state index in [9.17, 15) is 0 Å². The first-order valence-electron chi connectivity index (χ1n) is 7.02. The summed E-state index contributed by atoms with van der Waals surface area (Å²) >= 11 is 0. The first kappa shape index (κ1) is 13.5. The van der Waals surface area contributed by atoms with Crippen LogP contribution in [0.15, 0.2) is 36.9 Å². The van der Waals surface area contributed by atoms with Crippen LogP contribution in [0.25, 0.3) is 11.0 Å². The smallest absolute Gasteiger partial charge is 0.201 e. The number of benzene rings is 1. The number of hydrogen-bond donors (Lipinski definition) is 1. The predicted molar refractivity (Wildman–Crippen MR) is 82.1 cm³/mol. The summed E-state index contributed by atoms with van der Waals surface area (Å²) in [6.45, 7) is 5.53. The van der Waals surface area contributed by atoms with Crippen LogP contribution in [-0.4, -0.2) is 25.2 Å². The van der Waals surface area contributed by atoms with Crippen LogP contribution in [-0.2, 0) is 13.1 Å². The number of nitrogen functional groups attached to an aromatic ring is 1. The molecular weight excluding hydrogens is 266 g/mol. The molecule has 110 valence electrons. The second kappa shape index (κ2) is 5.47. The van der Waals surface area contributed by atoms with Gasteiger partial charge in [-0.1, -0.05) is 6.07 Å². The van der Waals surface area contributed by atoms with Crippen molar-refractivity contribution in [2.24, 2.45) is 0 Å². The largest absolute Gasteiger partial charge is 0.489 e. The maximum absolute atomic E-state index is 6.06. The van der Waals surface area contributed by atoms with E-state index in [2.05, 4.69) is 9.97 Å². The number of fused-ring (bicyclic) bond motifs is 1. The highest BCUT2D eigenvalue weighted by Gasteiger charge is 2.13. The van der Waals surface area contributed by atoms with Gasteiger partial charge in [-0.2, -0.15) is 0 Å². The van der Waals surface area contributed by atoms with E-state index in [1.165, 1.54) is 0 Å². The molecule has 3 rings (SSSR count). The van der Waals surface area contributed by atoms with Crippen LogP contribution in [0.4, 0.5) is 5.95 Å². The van der Waals surface area contributed by atoms with E-state index in [4.69, 9.17) is 10.5 Å². The van der Waals surface area contributed by atoms with Gasteiger partial charge in [-0.05, 0) is 26.0 Å². The van der Waals surface area contributed by atoms with Gasteiger partial charge in [0.1, 0.15) is 11.3 Å². The fraction of sp³-hybridized carbons (Fsp3) is 0.333. The van der Waals surface area contributed by atoms with Crippen molar-refractivity contribution in [2.75, 3.05) is 5.73 Å². The van der Waals surface area contributed by atoms with Crippen molar-refractivity contribution in [3.05, 3.63) is 36.9 Å². The molecule has 0 aliphatic rings. The molecular formula is C15H19N5O. The zero-order chi connectivity index (χ0) is 14.8. The summed E-state index contributed by atoms with van der Waals surface area (Å²) in [4.78, 5) is 8.50. The van der Waals surface area contributed by atoms with E-state index in [0.717, 1.165) is 29.9 Å². The number of para-hydroxylation sites is 1. The Labute approximate surface area is 123 Å². The Morgan fingerprint density at radius 2 is 2.14 bits per heavy atom. The summed E-state index contributed by atoms with van der Waals surface area (Å²) in [5, 5.41) is 0. The quantitative estimate of drug-likeness (QED) is 0.781. The Balaban J connectivity index is 1.93. The lowest BCUT2D eigenvalue weighted by Crippen LogP contribution is -2.09. The Morgan fingerprint density at radius 1 is 1.29 bits per heavy atom. The number of nitrogens with zero attached hydrogens (tertiary/aromatic N) is 4. The van der Waals surface area contributed by atoms with Crippen molar-refractivity contribution in [1.29, 1.82) is 0 Å². The average molecular weight is 285 g/mol. The lowest BCUT2D eigenvalue weighted by molar-refractivity contribution is 0.245. The van der Waals surface area contributed by atoms with E-state index >= 15 is 0 Å². The highest BCUT2D eigenvalue weighted by molar-refractivity contribution is 5.84. The van der Waals surface area contributed by atoms with Gasteiger partial charge in [0.25, 0.3) is 0 Å². The standard InChI is InChI=1S/C15H19N5O/c1-11(2)21-13-5-3-4-12-14(13)18-15(16)20(12)9-8-19-7-6-17-10-19/h3-7,10-11H,8-9H2,1-2H3,(H2,16,18). The van der Waals surface area contributed by atoms with Crippen molar-refractivity contribution >= 4 is 17.0 Å². The second-order valence-corrected chi connectivity index (χ2v) is 5.21. The summed E-state index contributed by atoms with van der Waals surface area (Å²) in [7, 11) is 0. The molecule has 0 fully saturated rings. The van der Waals surface area contributed by atoms with Gasteiger partial charge in [0.15, 0.2) is 0 Å². The van der Waals surface area contributed by atoms with Crippen LogP contribution >= 0.6 is 0 Å². The minimum atomic E-state index is 0.105. The molecule has 21 heavy (non-hydrogen) atoms. The number of imidazole rings is 2. The minimum absolute atomic E-state index is 0.105. The van der Waals surface area contributed by atoms with Gasteiger partial charge >= 0.3 is 0 Å². The van der Waals surface area contributed by atoms with Crippen molar-refractivity contribution in [3.63, 3.8) is 0 Å². The summed E-state index contributed by atoms with van der Waals surface area (Å²) in [5.74, 6) is 1.28. The van der Waals surface area contributed by atoms with Crippen LogP contribution in [0, 0.1) is 0 Å². The van der Waals surface area contributed by atoms with Gasteiger partial charge in [0.05, 0.1) is 17.9 Å². The highest BCUT2D eigenvalue weighted by atomic mass is 16.5. The normalized spacial score (nSPS) is 11.4. The van der Waals surface area contributed by atoms with E-state index in [0.29, 0.717) is 5.95 Å². The molecule has 0 amide bonds. The average Bonchev–Trinajstić information content (AvgIpc) is 3.04. The van der Waals surface area contributed by atoms with Crippen LogP contribution in [0.2, 0.25) is 0 Å². The molecule has 2 aromatic heterocycles. The molecule has 0 saturated heterocycles. The minimum Gasteiger partial charge on any atom is -0.489 e. The third kappa shape index (κ3) is 2.69. The molecule has 0 bridgehead atoms. The molecule has 0 radical (unpaired) electrons. The van der Waals surface area contributed by atoms with Gasteiger partial charge in [0, 0.05) is 25.5 Å². The van der Waals surface area contributed by atoms with Crippen LogP contribution in [0.3, 0.4) is 0 Å². The Bertz CT molecular complexity index is 730. The molecule has 0 spiro atoms. The number of nitrogens with two attached hydrogens (primary N) is 1. The molecule has 0 aliphatic carbocycles. The number of ether oxygens (including phenoxy) is 1. The van der Waals surface area contributed by atoms with Gasteiger partial charge in [0.2, 0.25) is 5.95 Å². The van der Waals surface area contributed by atoms with Crippen molar-refractivity contribution in [3.8, 4) is 5.75 Å². The molecule has 2 heterocycles. The summed E-state index contributed by atoms with van der Waals surface area (Å²) < 4.78 is 9.82. The molecule has 6 nitrogen and oxygen atoms in total. The van der Waals surface area contributed by atoms with Gasteiger partial charge in [-0.25, -0.2) is 9.97 Å². The summed E-state index contributed by atoms with van der Waals surface area (Å²) in [5.41, 5.74) is 7.87. The number of aryl methyl sites for hydroxylation is 2.